The van der Waals surface area contributed by atoms with E-state index in [4.69, 9.17) is 0 Å². The van der Waals surface area contributed by atoms with Crippen molar-refractivity contribution < 1.29 is 0 Å². The molecule has 1 unspecified atom stereocenters. The Labute approximate surface area is 607 Å². The lowest BCUT2D eigenvalue weighted by Crippen LogP contribution is -2.32. The Morgan fingerprint density at radius 1 is 0.311 bits per heavy atom. The number of hydrogen-bond donors (Lipinski definition) is 0. The summed E-state index contributed by atoms with van der Waals surface area (Å²) in [6.07, 6.45) is 6.76. The van der Waals surface area contributed by atoms with Gasteiger partial charge >= 0.3 is 0 Å². The van der Waals surface area contributed by atoms with Crippen LogP contribution in [0.1, 0.15) is 62.1 Å². The van der Waals surface area contributed by atoms with Crippen molar-refractivity contribution in [3.63, 3.8) is 0 Å². The molecule has 5 aliphatic rings. The quantitative estimate of drug-likeness (QED) is 0.174. The van der Waals surface area contributed by atoms with Gasteiger partial charge < -0.3 is 9.13 Å². The average molecular weight is 1360 g/mol. The predicted octanol–water partition coefficient (Wildman–Crippen LogP) is 26.5. The van der Waals surface area contributed by atoms with Crippen molar-refractivity contribution in [2.24, 2.45) is 0 Å². The highest BCUT2D eigenvalue weighted by Crippen LogP contribution is 2.67. The molecule has 2 spiro atoms. The first-order valence-corrected chi connectivity index (χ1v) is 38.4. The molecule has 19 aromatic rings. The number of fused-ring (bicyclic) bond motifs is 34. The number of benzene rings is 16. The number of rotatable bonds is 4. The fraction of sp³-hybridized carbons (Fsp3) is 0.0408. The van der Waals surface area contributed by atoms with Crippen molar-refractivity contribution in [3.8, 4) is 55.9 Å². The van der Waals surface area contributed by atoms with Crippen LogP contribution < -0.4 is 0 Å². The van der Waals surface area contributed by atoms with Gasteiger partial charge in [0.25, 0.3) is 0 Å². The zero-order valence-corrected chi connectivity index (χ0v) is 58.2. The van der Waals surface area contributed by atoms with E-state index >= 15 is 0 Å². The lowest BCUT2D eigenvalue weighted by atomic mass is 9.67. The Morgan fingerprint density at radius 3 is 1.56 bits per heavy atom. The Bertz CT molecular complexity index is 7030. The Balaban J connectivity index is 0.644. The third-order valence-electron chi connectivity index (χ3n) is 23.9. The highest BCUT2D eigenvalue weighted by molar-refractivity contribution is 8.00. The van der Waals surface area contributed by atoms with Gasteiger partial charge in [0, 0.05) is 72.7 Å². The van der Waals surface area contributed by atoms with E-state index in [0.29, 0.717) is 0 Å². The fourth-order valence-corrected chi connectivity index (χ4v) is 23.5. The monoisotopic (exact) mass is 1360 g/mol. The van der Waals surface area contributed by atoms with E-state index in [1.54, 1.807) is 0 Å². The minimum Gasteiger partial charge on any atom is -0.308 e. The van der Waals surface area contributed by atoms with Gasteiger partial charge in [-0.1, -0.05) is 284 Å². The molecule has 2 aliphatic heterocycles. The van der Waals surface area contributed by atoms with Crippen molar-refractivity contribution in [3.05, 3.63) is 377 Å². The largest absolute Gasteiger partial charge is 0.308 e. The van der Waals surface area contributed by atoms with E-state index in [0.717, 1.165) is 18.5 Å². The summed E-state index contributed by atoms with van der Waals surface area (Å²) in [4.78, 5) is 5.23. The van der Waals surface area contributed by atoms with Crippen LogP contribution >= 0.6 is 34.9 Å². The van der Waals surface area contributed by atoms with E-state index in [1.807, 2.05) is 34.9 Å². The van der Waals surface area contributed by atoms with Gasteiger partial charge in [-0.15, -0.1) is 11.3 Å². The standard InChI is InChI=1S/C98H58N2S3/c1-3-20-66-58(18-1)42-52-84-91(66)74-48-50-82-95(102-87-34-15-12-30-79(87)97(82)76-27-9-5-22-69(76)70-23-6-10-28-77(70)97)93(74)99(84)64-44-40-57(41-45-64)60-36-37-62-55-63(39-38-61(62)54-60)68-26-17-32-81-90(68)73-25-7-11-29-78(73)98(81)80-31-13-16-35-88(80)103-96-83(98)51-49-75-92-67-21-4-2-19-59(67)43-53-85(92)100(94(75)96)65-46-47-72-71-24-8-14-33-86(71)101-89(72)56-65/h1-3,5-20,22-56H,4,21H2. The molecule has 103 heavy (non-hydrogen) atoms. The Kier molecular flexibility index (Phi) is 11.6. The first-order chi connectivity index (χ1) is 51.1. The maximum absolute atomic E-state index is 2.63. The first kappa shape index (κ1) is 57.0. The summed E-state index contributed by atoms with van der Waals surface area (Å²) in [5.41, 5.74) is 29.9. The maximum atomic E-state index is 2.63. The Morgan fingerprint density at radius 2 is 0.825 bits per heavy atom. The second-order valence-corrected chi connectivity index (χ2v) is 31.8. The molecule has 16 aromatic carbocycles. The van der Waals surface area contributed by atoms with Crippen LogP contribution in [0.25, 0.3) is 147 Å². The smallest absolute Gasteiger partial charge is 0.0736 e. The lowest BCUT2D eigenvalue weighted by Gasteiger charge is -2.40. The molecule has 2 nitrogen and oxygen atoms in total. The summed E-state index contributed by atoms with van der Waals surface area (Å²) < 4.78 is 7.84. The third-order valence-corrected chi connectivity index (χ3v) is 27.4. The molecule has 0 bridgehead atoms. The van der Waals surface area contributed by atoms with Crippen LogP contribution in [0.3, 0.4) is 0 Å². The molecular formula is C98H58N2S3. The SMILES string of the molecule is C1=Cc2ccc3c(c2CC1)c1ccc2c(c1n3-c1ccc3c(c1)sc1ccccc13)Sc1ccccc1C21c2ccccc2-c2c(-c3ccc4cc(-c5ccc(-n6c7ccc8ccccc8c7c7ccc8c(c76)Sc6ccccc6C86c7ccccc7-c7ccccc76)cc5)ccc4c3)cccc21. The van der Waals surface area contributed by atoms with Gasteiger partial charge in [0.15, 0.2) is 0 Å². The molecule has 24 rings (SSSR count). The highest BCUT2D eigenvalue weighted by atomic mass is 32.2. The minimum absolute atomic E-state index is 0.485. The summed E-state index contributed by atoms with van der Waals surface area (Å²) in [6.45, 7) is 0. The predicted molar refractivity (Wildman–Crippen MR) is 434 cm³/mol. The minimum atomic E-state index is -0.591. The maximum Gasteiger partial charge on any atom is 0.0736 e. The third kappa shape index (κ3) is 7.46. The van der Waals surface area contributed by atoms with Gasteiger partial charge in [0.2, 0.25) is 0 Å². The summed E-state index contributed by atoms with van der Waals surface area (Å²) in [7, 11) is 0. The zero-order chi connectivity index (χ0) is 67.0. The fourth-order valence-electron chi connectivity index (χ4n) is 19.8. The van der Waals surface area contributed by atoms with Crippen LogP contribution in [-0.4, -0.2) is 9.13 Å². The van der Waals surface area contributed by atoms with Gasteiger partial charge in [-0.25, -0.2) is 0 Å². The van der Waals surface area contributed by atoms with Crippen molar-refractivity contribution in [2.75, 3.05) is 0 Å². The van der Waals surface area contributed by atoms with Crippen LogP contribution in [-0.2, 0) is 17.3 Å². The second-order valence-electron chi connectivity index (χ2n) is 28.7. The molecule has 1 atom stereocenters. The molecule has 0 saturated heterocycles. The summed E-state index contributed by atoms with van der Waals surface area (Å²) >= 11 is 5.79. The molecular weight excluding hydrogens is 1300 g/mol. The van der Waals surface area contributed by atoms with E-state index in [-0.39, 0.29) is 0 Å². The summed E-state index contributed by atoms with van der Waals surface area (Å²) in [5.74, 6) is 0. The highest BCUT2D eigenvalue weighted by Gasteiger charge is 2.53. The lowest BCUT2D eigenvalue weighted by molar-refractivity contribution is 0.724. The number of aromatic nitrogens is 2. The summed E-state index contributed by atoms with van der Waals surface area (Å²) in [5, 5.41) is 12.9. The topological polar surface area (TPSA) is 9.86 Å². The average Bonchev–Trinajstić information content (AvgIpc) is 1.54. The van der Waals surface area contributed by atoms with E-state index in [2.05, 4.69) is 337 Å². The van der Waals surface area contributed by atoms with Crippen molar-refractivity contribution in [2.45, 2.75) is 43.3 Å². The van der Waals surface area contributed by atoms with Crippen LogP contribution in [0.15, 0.2) is 341 Å². The van der Waals surface area contributed by atoms with Crippen LogP contribution in [0.2, 0.25) is 0 Å². The van der Waals surface area contributed by atoms with Crippen LogP contribution in [0.5, 0.6) is 0 Å². The van der Waals surface area contributed by atoms with Crippen molar-refractivity contribution >= 4 is 126 Å². The normalized spacial score (nSPS) is 15.5. The molecule has 0 N–H and O–H groups in total. The van der Waals surface area contributed by atoms with Gasteiger partial charge in [-0.05, 0) is 201 Å². The van der Waals surface area contributed by atoms with Gasteiger partial charge in [-0.3, -0.25) is 0 Å². The molecule has 5 heterocycles. The van der Waals surface area contributed by atoms with Gasteiger partial charge in [-0.2, -0.15) is 0 Å². The van der Waals surface area contributed by atoms with Gasteiger partial charge in [0.05, 0.1) is 32.9 Å². The molecule has 0 fully saturated rings. The van der Waals surface area contributed by atoms with Crippen molar-refractivity contribution in [1.82, 2.24) is 9.13 Å². The number of thiophene rings is 1. The Hall–Kier alpha value is -11.7. The van der Waals surface area contributed by atoms with E-state index < -0.39 is 10.8 Å². The van der Waals surface area contributed by atoms with Crippen LogP contribution in [0, 0.1) is 0 Å². The summed E-state index contributed by atoms with van der Waals surface area (Å²) in [6, 6.07) is 121. The zero-order valence-electron chi connectivity index (χ0n) is 55.7. The molecule has 5 heteroatoms. The molecule has 3 aliphatic carbocycles. The number of aryl methyl sites for hydroxylation is 1. The molecule has 3 aromatic heterocycles. The first-order valence-electron chi connectivity index (χ1n) is 35.9. The number of nitrogens with zero attached hydrogens (tertiary/aromatic N) is 2. The molecule has 478 valence electrons. The molecule has 0 saturated carbocycles. The second kappa shape index (κ2) is 21.0. The van der Waals surface area contributed by atoms with Gasteiger partial charge in [0.1, 0.15) is 0 Å². The van der Waals surface area contributed by atoms with E-state index in [1.165, 1.54) is 211 Å². The van der Waals surface area contributed by atoms with E-state index in [9.17, 15) is 0 Å². The number of allylic oxidation sites excluding steroid dienone is 1. The van der Waals surface area contributed by atoms with Crippen LogP contribution in [0.4, 0.5) is 0 Å². The molecule has 0 radical (unpaired) electrons. The molecule has 0 amide bonds. The number of hydrogen-bond acceptors (Lipinski definition) is 3. The van der Waals surface area contributed by atoms with Crippen molar-refractivity contribution in [1.29, 1.82) is 0 Å².